The minimum atomic E-state index is 0.599. The molecule has 3 heterocycles. The number of nitrogens with two attached hydrogens (primary N) is 1. The van der Waals surface area contributed by atoms with Crippen molar-refractivity contribution in [2.24, 2.45) is 10.7 Å². The standard InChI is InChI=1S/C18H22N4S2.C2H6/c19-18(17-2-1-10-23-17)21-13-3-4-16-15(12-13)22(9-11-24-16)14-5-7-20-8-6-14;1-2/h1-4,10,12,14,20H,5-9,11H2,(H2,19,21);1-2H3. The number of anilines is 1. The maximum absolute atomic E-state index is 6.16. The van der Waals surface area contributed by atoms with Crippen LogP contribution in [0.25, 0.3) is 0 Å². The number of fused-ring (bicyclic) bond motifs is 1. The van der Waals surface area contributed by atoms with Crippen LogP contribution >= 0.6 is 23.1 Å². The van der Waals surface area contributed by atoms with Gasteiger partial charge in [0.15, 0.2) is 0 Å². The van der Waals surface area contributed by atoms with Gasteiger partial charge in [-0.1, -0.05) is 19.9 Å². The Labute approximate surface area is 164 Å². The number of thiophene rings is 1. The third kappa shape index (κ3) is 4.42. The fourth-order valence-electron chi connectivity index (χ4n) is 3.41. The molecule has 1 saturated heterocycles. The van der Waals surface area contributed by atoms with Gasteiger partial charge >= 0.3 is 0 Å². The van der Waals surface area contributed by atoms with E-state index in [2.05, 4.69) is 33.4 Å². The summed E-state index contributed by atoms with van der Waals surface area (Å²) in [6.07, 6.45) is 2.43. The van der Waals surface area contributed by atoms with Crippen LogP contribution in [0.5, 0.6) is 0 Å². The van der Waals surface area contributed by atoms with Crippen LogP contribution in [0, 0.1) is 0 Å². The van der Waals surface area contributed by atoms with Gasteiger partial charge in [-0.25, -0.2) is 4.99 Å². The highest BCUT2D eigenvalue weighted by atomic mass is 32.2. The van der Waals surface area contributed by atoms with E-state index >= 15 is 0 Å². The Kier molecular flexibility index (Phi) is 7.00. The van der Waals surface area contributed by atoms with Crippen LogP contribution in [0.4, 0.5) is 11.4 Å². The van der Waals surface area contributed by atoms with Gasteiger partial charge in [0.2, 0.25) is 0 Å². The lowest BCUT2D eigenvalue weighted by atomic mass is 10.0. The summed E-state index contributed by atoms with van der Waals surface area (Å²) in [5.74, 6) is 1.76. The van der Waals surface area contributed by atoms with Crippen LogP contribution < -0.4 is 16.0 Å². The number of nitrogens with one attached hydrogen (secondary N) is 1. The van der Waals surface area contributed by atoms with E-state index in [1.54, 1.807) is 11.3 Å². The lowest BCUT2D eigenvalue weighted by Gasteiger charge is -2.39. The summed E-state index contributed by atoms with van der Waals surface area (Å²) in [5.41, 5.74) is 8.44. The first-order valence-corrected chi connectivity index (χ1v) is 11.3. The SMILES string of the molecule is CC.NC(=Nc1ccc2c(c1)N(C1CCNCC1)CCS2)c1cccs1. The zero-order valence-corrected chi connectivity index (χ0v) is 17.2. The fourth-order valence-corrected chi connectivity index (χ4v) is 5.04. The molecule has 26 heavy (non-hydrogen) atoms. The predicted molar refractivity (Wildman–Crippen MR) is 116 cm³/mol. The summed E-state index contributed by atoms with van der Waals surface area (Å²) in [6.45, 7) is 7.36. The summed E-state index contributed by atoms with van der Waals surface area (Å²) < 4.78 is 0. The van der Waals surface area contributed by atoms with E-state index in [0.717, 1.165) is 36.0 Å². The second-order valence-corrected chi connectivity index (χ2v) is 8.23. The second kappa shape index (κ2) is 9.44. The quantitative estimate of drug-likeness (QED) is 0.601. The van der Waals surface area contributed by atoms with Gasteiger partial charge in [-0.3, -0.25) is 0 Å². The number of nitrogens with zero attached hydrogens (tertiary/aromatic N) is 2. The molecule has 0 radical (unpaired) electrons. The van der Waals surface area contributed by atoms with Gasteiger partial charge in [0, 0.05) is 23.2 Å². The summed E-state index contributed by atoms with van der Waals surface area (Å²) >= 11 is 3.57. The number of amidine groups is 1. The smallest absolute Gasteiger partial charge is 0.141 e. The zero-order chi connectivity index (χ0) is 18.4. The Morgan fingerprint density at radius 1 is 1.23 bits per heavy atom. The monoisotopic (exact) mass is 388 g/mol. The molecule has 140 valence electrons. The van der Waals surface area contributed by atoms with Crippen molar-refractivity contribution in [2.75, 3.05) is 30.3 Å². The number of piperidine rings is 1. The molecule has 0 unspecified atom stereocenters. The first-order chi connectivity index (χ1) is 12.8. The van der Waals surface area contributed by atoms with Crippen molar-refractivity contribution < 1.29 is 0 Å². The number of hydrogen-bond acceptors (Lipinski definition) is 5. The van der Waals surface area contributed by atoms with Crippen LogP contribution in [0.15, 0.2) is 45.6 Å². The maximum atomic E-state index is 6.16. The molecule has 2 aliphatic heterocycles. The van der Waals surface area contributed by atoms with Crippen molar-refractivity contribution in [1.82, 2.24) is 5.32 Å². The molecule has 0 saturated carbocycles. The first-order valence-electron chi connectivity index (χ1n) is 9.43. The summed E-state index contributed by atoms with van der Waals surface area (Å²) in [7, 11) is 0. The number of benzene rings is 1. The first kappa shape index (κ1) is 19.3. The van der Waals surface area contributed by atoms with Gasteiger partial charge in [-0.2, -0.15) is 0 Å². The molecule has 1 fully saturated rings. The Morgan fingerprint density at radius 3 is 2.77 bits per heavy atom. The van der Waals surface area contributed by atoms with Gasteiger partial charge in [0.1, 0.15) is 5.84 Å². The molecule has 0 spiro atoms. The molecule has 2 aliphatic rings. The van der Waals surface area contributed by atoms with E-state index in [1.807, 2.05) is 43.1 Å². The van der Waals surface area contributed by atoms with Crippen molar-refractivity contribution in [2.45, 2.75) is 37.6 Å². The molecule has 0 atom stereocenters. The molecule has 4 nitrogen and oxygen atoms in total. The van der Waals surface area contributed by atoms with Crippen LogP contribution in [-0.4, -0.2) is 37.3 Å². The average Bonchev–Trinajstić information content (AvgIpc) is 3.25. The minimum absolute atomic E-state index is 0.599. The van der Waals surface area contributed by atoms with Gasteiger partial charge in [0.25, 0.3) is 0 Å². The fraction of sp³-hybridized carbons (Fsp3) is 0.450. The van der Waals surface area contributed by atoms with Gasteiger partial charge < -0.3 is 16.0 Å². The minimum Gasteiger partial charge on any atom is -0.383 e. The molecule has 0 bridgehead atoms. The Balaban J connectivity index is 0.000000948. The summed E-state index contributed by atoms with van der Waals surface area (Å²) in [5, 5.41) is 5.49. The molecule has 6 heteroatoms. The van der Waals surface area contributed by atoms with Crippen molar-refractivity contribution in [3.05, 3.63) is 40.6 Å². The van der Waals surface area contributed by atoms with E-state index in [9.17, 15) is 0 Å². The summed E-state index contributed by atoms with van der Waals surface area (Å²) in [4.78, 5) is 9.63. The van der Waals surface area contributed by atoms with E-state index in [-0.39, 0.29) is 0 Å². The number of thioether (sulfide) groups is 1. The van der Waals surface area contributed by atoms with Gasteiger partial charge in [-0.05, 0) is 55.6 Å². The highest BCUT2D eigenvalue weighted by molar-refractivity contribution is 7.99. The van der Waals surface area contributed by atoms with Crippen LogP contribution in [-0.2, 0) is 0 Å². The van der Waals surface area contributed by atoms with Crippen LogP contribution in [0.2, 0.25) is 0 Å². The molecule has 0 aliphatic carbocycles. The third-order valence-electron chi connectivity index (χ3n) is 4.61. The topological polar surface area (TPSA) is 53.6 Å². The molecule has 0 amide bonds. The second-order valence-electron chi connectivity index (χ2n) is 6.15. The van der Waals surface area contributed by atoms with Crippen molar-refractivity contribution in [3.63, 3.8) is 0 Å². The van der Waals surface area contributed by atoms with Crippen molar-refractivity contribution in [1.29, 1.82) is 0 Å². The molecule has 1 aromatic carbocycles. The lowest BCUT2D eigenvalue weighted by molar-refractivity contribution is 0.432. The molecule has 1 aromatic heterocycles. The maximum Gasteiger partial charge on any atom is 0.141 e. The average molecular weight is 389 g/mol. The normalized spacial score (nSPS) is 18.1. The number of aliphatic imine (C=N–C) groups is 1. The largest absolute Gasteiger partial charge is 0.383 e. The van der Waals surface area contributed by atoms with Gasteiger partial charge in [0.05, 0.1) is 16.3 Å². The molecule has 4 rings (SSSR count). The van der Waals surface area contributed by atoms with Gasteiger partial charge in [-0.15, -0.1) is 23.1 Å². The summed E-state index contributed by atoms with van der Waals surface area (Å²) in [6, 6.07) is 11.2. The predicted octanol–water partition coefficient (Wildman–Crippen LogP) is 4.48. The zero-order valence-electron chi connectivity index (χ0n) is 15.6. The van der Waals surface area contributed by atoms with Crippen molar-refractivity contribution in [3.8, 4) is 0 Å². The number of hydrogen-bond donors (Lipinski definition) is 2. The number of rotatable bonds is 3. The van der Waals surface area contributed by atoms with Crippen LogP contribution in [0.3, 0.4) is 0 Å². The van der Waals surface area contributed by atoms with E-state index in [4.69, 9.17) is 5.73 Å². The highest BCUT2D eigenvalue weighted by Crippen LogP contribution is 2.39. The van der Waals surface area contributed by atoms with Crippen molar-refractivity contribution >= 4 is 40.3 Å². The van der Waals surface area contributed by atoms with E-state index in [1.165, 1.54) is 23.4 Å². The molecular formula is C20H28N4S2. The Hall–Kier alpha value is -1.50. The van der Waals surface area contributed by atoms with Crippen LogP contribution in [0.1, 0.15) is 31.6 Å². The Bertz CT molecular complexity index is 721. The molecule has 3 N–H and O–H groups in total. The Morgan fingerprint density at radius 2 is 2.04 bits per heavy atom. The molecular weight excluding hydrogens is 360 g/mol. The molecule has 2 aromatic rings. The highest BCUT2D eigenvalue weighted by Gasteiger charge is 2.26. The van der Waals surface area contributed by atoms with E-state index in [0.29, 0.717) is 11.9 Å². The third-order valence-corrected chi connectivity index (χ3v) is 6.55. The lowest BCUT2D eigenvalue weighted by Crippen LogP contribution is -2.45. The van der Waals surface area contributed by atoms with E-state index < -0.39 is 0 Å².